The number of nitrogens with zero attached hydrogens (tertiary/aromatic N) is 1. The third-order valence-corrected chi connectivity index (χ3v) is 2.00. The van der Waals surface area contributed by atoms with Crippen molar-refractivity contribution in [3.05, 3.63) is 0 Å². The van der Waals surface area contributed by atoms with Gasteiger partial charge in [0.05, 0.1) is 0 Å². The van der Waals surface area contributed by atoms with E-state index in [1.807, 2.05) is 0 Å². The van der Waals surface area contributed by atoms with Gasteiger partial charge in [0.15, 0.2) is 0 Å². The number of aliphatic carboxylic acids is 1. The molecular weight excluding hydrogens is 227 g/mol. The van der Waals surface area contributed by atoms with Gasteiger partial charge in [-0.2, -0.15) is 13.2 Å². The molecule has 0 aliphatic rings. The molecule has 0 saturated heterocycles. The Morgan fingerprint density at radius 3 is 1.94 bits per heavy atom. The Kier molecular flexibility index (Phi) is 4.77. The molecule has 16 heavy (non-hydrogen) atoms. The minimum Gasteiger partial charge on any atom is -0.481 e. The van der Waals surface area contributed by atoms with Crippen LogP contribution < -0.4 is 0 Å². The van der Waals surface area contributed by atoms with Crippen LogP contribution in [-0.2, 0) is 9.59 Å². The first-order valence-electron chi connectivity index (χ1n) is 4.66. The van der Waals surface area contributed by atoms with Gasteiger partial charge in [-0.1, -0.05) is 0 Å². The van der Waals surface area contributed by atoms with Gasteiger partial charge in [-0.05, 0) is 20.8 Å². The molecule has 0 aliphatic heterocycles. The quantitative estimate of drug-likeness (QED) is 0.759. The number of amides is 1. The molecule has 0 spiro atoms. The van der Waals surface area contributed by atoms with Gasteiger partial charge in [0.25, 0.3) is 0 Å². The van der Waals surface area contributed by atoms with E-state index in [2.05, 4.69) is 0 Å². The Labute approximate surface area is 91.0 Å². The SMILES string of the molecule is CC(C(=O)O)C(=O)N(CC(F)(F)F)C(C)C. The average Bonchev–Trinajstić information content (AvgIpc) is 2.09. The van der Waals surface area contributed by atoms with Crippen molar-refractivity contribution >= 4 is 11.9 Å². The van der Waals surface area contributed by atoms with E-state index >= 15 is 0 Å². The van der Waals surface area contributed by atoms with E-state index in [1.165, 1.54) is 13.8 Å². The molecule has 0 fully saturated rings. The van der Waals surface area contributed by atoms with Gasteiger partial charge in [0.1, 0.15) is 12.5 Å². The largest absolute Gasteiger partial charge is 0.481 e. The summed E-state index contributed by atoms with van der Waals surface area (Å²) in [5.74, 6) is -3.93. The van der Waals surface area contributed by atoms with Crippen molar-refractivity contribution < 1.29 is 27.9 Å². The summed E-state index contributed by atoms with van der Waals surface area (Å²) in [6.07, 6.45) is -4.53. The summed E-state index contributed by atoms with van der Waals surface area (Å²) in [6.45, 7) is 2.44. The molecule has 0 bridgehead atoms. The third kappa shape index (κ3) is 4.50. The lowest BCUT2D eigenvalue weighted by atomic mass is 10.1. The fourth-order valence-electron chi connectivity index (χ4n) is 1.06. The van der Waals surface area contributed by atoms with E-state index in [0.717, 1.165) is 6.92 Å². The van der Waals surface area contributed by atoms with Gasteiger partial charge >= 0.3 is 12.1 Å². The van der Waals surface area contributed by atoms with Crippen molar-refractivity contribution in [3.8, 4) is 0 Å². The first-order chi connectivity index (χ1) is 7.06. The Bertz CT molecular complexity index is 276. The lowest BCUT2D eigenvalue weighted by molar-refractivity contribution is -0.170. The van der Waals surface area contributed by atoms with E-state index in [-0.39, 0.29) is 0 Å². The van der Waals surface area contributed by atoms with Crippen LogP contribution in [0.2, 0.25) is 0 Å². The standard InChI is InChI=1S/C9H14F3NO3/c1-5(2)13(4-9(10,11)12)7(14)6(3)8(15)16/h5-6H,4H2,1-3H3,(H,15,16). The number of hydrogen-bond acceptors (Lipinski definition) is 2. The van der Waals surface area contributed by atoms with Crippen molar-refractivity contribution in [3.63, 3.8) is 0 Å². The van der Waals surface area contributed by atoms with Crippen LogP contribution in [-0.4, -0.2) is 40.6 Å². The molecule has 0 heterocycles. The van der Waals surface area contributed by atoms with Crippen molar-refractivity contribution in [2.24, 2.45) is 5.92 Å². The van der Waals surface area contributed by atoms with Crippen LogP contribution in [0.5, 0.6) is 0 Å². The normalized spacial score (nSPS) is 13.7. The number of carbonyl (C=O) groups excluding carboxylic acids is 1. The summed E-state index contributed by atoms with van der Waals surface area (Å²) in [6, 6.07) is -0.698. The predicted molar refractivity (Wildman–Crippen MR) is 49.7 cm³/mol. The van der Waals surface area contributed by atoms with E-state index in [1.54, 1.807) is 0 Å². The van der Waals surface area contributed by atoms with Gasteiger partial charge in [0, 0.05) is 6.04 Å². The highest BCUT2D eigenvalue weighted by Crippen LogP contribution is 2.19. The zero-order valence-electron chi connectivity index (χ0n) is 9.21. The van der Waals surface area contributed by atoms with Crippen LogP contribution >= 0.6 is 0 Å². The fourth-order valence-corrected chi connectivity index (χ4v) is 1.06. The smallest absolute Gasteiger partial charge is 0.406 e. The van der Waals surface area contributed by atoms with Crippen LogP contribution in [0.1, 0.15) is 20.8 Å². The van der Waals surface area contributed by atoms with Crippen LogP contribution in [0.3, 0.4) is 0 Å². The molecule has 0 aliphatic carbocycles. The van der Waals surface area contributed by atoms with Crippen LogP contribution in [0.4, 0.5) is 13.2 Å². The number of carbonyl (C=O) groups is 2. The summed E-state index contributed by atoms with van der Waals surface area (Å²) in [5.41, 5.74) is 0. The summed E-state index contributed by atoms with van der Waals surface area (Å²) in [5, 5.41) is 8.55. The monoisotopic (exact) mass is 241 g/mol. The molecule has 1 unspecified atom stereocenters. The highest BCUT2D eigenvalue weighted by molar-refractivity contribution is 5.96. The molecule has 0 radical (unpaired) electrons. The van der Waals surface area contributed by atoms with E-state index < -0.39 is 36.6 Å². The van der Waals surface area contributed by atoms with Gasteiger partial charge in [0.2, 0.25) is 5.91 Å². The second kappa shape index (κ2) is 5.18. The summed E-state index contributed by atoms with van der Waals surface area (Å²) in [7, 11) is 0. The molecule has 1 atom stereocenters. The number of carboxylic acid groups (broad SMARTS) is 1. The maximum absolute atomic E-state index is 12.1. The van der Waals surface area contributed by atoms with Crippen molar-refractivity contribution in [1.82, 2.24) is 4.90 Å². The zero-order valence-corrected chi connectivity index (χ0v) is 9.21. The fraction of sp³-hybridized carbons (Fsp3) is 0.778. The van der Waals surface area contributed by atoms with E-state index in [9.17, 15) is 22.8 Å². The Hall–Kier alpha value is -1.27. The Balaban J connectivity index is 4.80. The van der Waals surface area contributed by atoms with Crippen molar-refractivity contribution in [2.45, 2.75) is 33.0 Å². The molecule has 7 heteroatoms. The minimum absolute atomic E-state index is 0.513. The van der Waals surface area contributed by atoms with Gasteiger partial charge in [-0.15, -0.1) is 0 Å². The first kappa shape index (κ1) is 14.7. The second-order valence-electron chi connectivity index (χ2n) is 3.73. The zero-order chi connectivity index (χ0) is 13.1. The molecule has 4 nitrogen and oxygen atoms in total. The maximum Gasteiger partial charge on any atom is 0.406 e. The predicted octanol–water partition coefficient (Wildman–Crippen LogP) is 1.51. The number of alkyl halides is 3. The summed E-state index contributed by atoms with van der Waals surface area (Å²) >= 11 is 0. The summed E-state index contributed by atoms with van der Waals surface area (Å²) in [4.78, 5) is 22.5. The molecule has 0 rings (SSSR count). The summed E-state index contributed by atoms with van der Waals surface area (Å²) < 4.78 is 36.4. The van der Waals surface area contributed by atoms with Gasteiger partial charge in [-0.25, -0.2) is 0 Å². The highest BCUT2D eigenvalue weighted by atomic mass is 19.4. The molecule has 94 valence electrons. The van der Waals surface area contributed by atoms with Crippen LogP contribution in [0.25, 0.3) is 0 Å². The maximum atomic E-state index is 12.1. The number of carboxylic acids is 1. The second-order valence-corrected chi connectivity index (χ2v) is 3.73. The lowest BCUT2D eigenvalue weighted by Crippen LogP contribution is -2.47. The number of hydrogen-bond donors (Lipinski definition) is 1. The molecular formula is C9H14F3NO3. The Morgan fingerprint density at radius 2 is 1.69 bits per heavy atom. The average molecular weight is 241 g/mol. The molecule has 0 saturated carbocycles. The molecule has 0 aromatic heterocycles. The van der Waals surface area contributed by atoms with Gasteiger partial charge < -0.3 is 10.0 Å². The third-order valence-electron chi connectivity index (χ3n) is 2.00. The lowest BCUT2D eigenvalue weighted by Gasteiger charge is -2.29. The molecule has 0 aromatic carbocycles. The topological polar surface area (TPSA) is 57.6 Å². The first-order valence-corrected chi connectivity index (χ1v) is 4.66. The minimum atomic E-state index is -4.53. The van der Waals surface area contributed by atoms with Crippen LogP contribution in [0, 0.1) is 5.92 Å². The van der Waals surface area contributed by atoms with Crippen LogP contribution in [0.15, 0.2) is 0 Å². The van der Waals surface area contributed by atoms with E-state index in [4.69, 9.17) is 5.11 Å². The molecule has 0 aromatic rings. The number of rotatable bonds is 4. The van der Waals surface area contributed by atoms with E-state index in [0.29, 0.717) is 4.90 Å². The number of halogens is 3. The molecule has 1 N–H and O–H groups in total. The van der Waals surface area contributed by atoms with Gasteiger partial charge in [-0.3, -0.25) is 9.59 Å². The highest BCUT2D eigenvalue weighted by Gasteiger charge is 2.37. The Morgan fingerprint density at radius 1 is 1.25 bits per heavy atom. The van der Waals surface area contributed by atoms with Crippen molar-refractivity contribution in [1.29, 1.82) is 0 Å². The molecule has 1 amide bonds. The van der Waals surface area contributed by atoms with Crippen molar-refractivity contribution in [2.75, 3.05) is 6.54 Å².